The van der Waals surface area contributed by atoms with Crippen molar-refractivity contribution in [3.63, 3.8) is 0 Å². The Bertz CT molecular complexity index is 377. The predicted octanol–water partition coefficient (Wildman–Crippen LogP) is 3.20. The van der Waals surface area contributed by atoms with Gasteiger partial charge in [-0.1, -0.05) is 32.4 Å². The minimum atomic E-state index is -0.154. The highest BCUT2D eigenvalue weighted by Crippen LogP contribution is 2.25. The lowest BCUT2D eigenvalue weighted by molar-refractivity contribution is 0.548. The molecule has 0 aromatic heterocycles. The van der Waals surface area contributed by atoms with Crippen molar-refractivity contribution in [3.05, 3.63) is 29.6 Å². The highest BCUT2D eigenvalue weighted by atomic mass is 19.1. The summed E-state index contributed by atoms with van der Waals surface area (Å²) in [5.41, 5.74) is 7.53. The molecule has 102 valence electrons. The number of benzene rings is 1. The van der Waals surface area contributed by atoms with Crippen molar-refractivity contribution in [3.8, 4) is 0 Å². The lowest BCUT2D eigenvalue weighted by atomic mass is 10.0. The Morgan fingerprint density at radius 2 is 2.00 bits per heavy atom. The molecule has 3 heteroatoms. The summed E-state index contributed by atoms with van der Waals surface area (Å²) in [4.78, 5) is 2.02. The van der Waals surface area contributed by atoms with Crippen LogP contribution in [0.2, 0.25) is 0 Å². The molecule has 1 aromatic rings. The fraction of sp³-hybridized carbons (Fsp3) is 0.600. The molecule has 0 saturated heterocycles. The fourth-order valence-electron chi connectivity index (χ4n) is 2.19. The van der Waals surface area contributed by atoms with E-state index >= 15 is 0 Å². The number of nitrogens with two attached hydrogens (primary N) is 1. The second-order valence-electron chi connectivity index (χ2n) is 5.32. The first-order valence-electron chi connectivity index (χ1n) is 6.69. The Labute approximate surface area is 110 Å². The molecule has 1 aromatic carbocycles. The molecule has 0 heterocycles. The molecule has 0 spiro atoms. The second kappa shape index (κ2) is 6.74. The van der Waals surface area contributed by atoms with E-state index in [-0.39, 0.29) is 11.9 Å². The first kappa shape index (κ1) is 15.0. The molecular weight excluding hydrogens is 227 g/mol. The number of nitrogens with zero attached hydrogens (tertiary/aromatic N) is 1. The Balaban J connectivity index is 2.97. The molecule has 0 aliphatic heterocycles. The third-order valence-corrected chi connectivity index (χ3v) is 3.28. The van der Waals surface area contributed by atoms with Gasteiger partial charge in [-0.3, -0.25) is 0 Å². The van der Waals surface area contributed by atoms with Crippen LogP contribution in [0.15, 0.2) is 18.2 Å². The zero-order valence-corrected chi connectivity index (χ0v) is 11.9. The Morgan fingerprint density at radius 1 is 1.33 bits per heavy atom. The number of anilines is 1. The van der Waals surface area contributed by atoms with Crippen LogP contribution in [0, 0.1) is 11.7 Å². The van der Waals surface area contributed by atoms with E-state index < -0.39 is 0 Å². The zero-order valence-electron chi connectivity index (χ0n) is 11.9. The fourth-order valence-corrected chi connectivity index (χ4v) is 2.19. The quantitative estimate of drug-likeness (QED) is 0.842. The smallest absolute Gasteiger partial charge is 0.146 e. The molecule has 2 nitrogen and oxygen atoms in total. The summed E-state index contributed by atoms with van der Waals surface area (Å²) in [5, 5.41) is 0. The Kier molecular flexibility index (Phi) is 5.60. The van der Waals surface area contributed by atoms with Crippen molar-refractivity contribution in [2.24, 2.45) is 11.7 Å². The highest BCUT2D eigenvalue weighted by molar-refractivity contribution is 5.54. The average Bonchev–Trinajstić information content (AvgIpc) is 2.27. The van der Waals surface area contributed by atoms with Crippen molar-refractivity contribution in [1.82, 2.24) is 0 Å². The van der Waals surface area contributed by atoms with Gasteiger partial charge in [0.2, 0.25) is 0 Å². The van der Waals surface area contributed by atoms with Gasteiger partial charge >= 0.3 is 0 Å². The first-order valence-corrected chi connectivity index (χ1v) is 6.69. The second-order valence-corrected chi connectivity index (χ2v) is 5.32. The van der Waals surface area contributed by atoms with E-state index in [0.717, 1.165) is 18.5 Å². The first-order chi connectivity index (χ1) is 8.45. The van der Waals surface area contributed by atoms with Crippen molar-refractivity contribution in [1.29, 1.82) is 0 Å². The normalized spacial score (nSPS) is 14.3. The van der Waals surface area contributed by atoms with Crippen LogP contribution in [0.1, 0.15) is 32.8 Å². The average molecular weight is 252 g/mol. The third kappa shape index (κ3) is 3.98. The van der Waals surface area contributed by atoms with Gasteiger partial charge in [-0.05, 0) is 30.9 Å². The van der Waals surface area contributed by atoms with Gasteiger partial charge in [0.15, 0.2) is 0 Å². The van der Waals surface area contributed by atoms with E-state index in [0.29, 0.717) is 18.0 Å². The maximum absolute atomic E-state index is 14.0. The number of para-hydroxylation sites is 1. The van der Waals surface area contributed by atoms with Crippen LogP contribution in [-0.4, -0.2) is 19.6 Å². The van der Waals surface area contributed by atoms with Gasteiger partial charge in [-0.15, -0.1) is 0 Å². The number of halogens is 1. The van der Waals surface area contributed by atoms with E-state index in [9.17, 15) is 4.39 Å². The van der Waals surface area contributed by atoms with Gasteiger partial charge in [-0.25, -0.2) is 4.39 Å². The van der Waals surface area contributed by atoms with Crippen molar-refractivity contribution >= 4 is 5.69 Å². The lowest BCUT2D eigenvalue weighted by Gasteiger charge is -2.26. The van der Waals surface area contributed by atoms with Crippen LogP contribution in [0.5, 0.6) is 0 Å². The monoisotopic (exact) mass is 252 g/mol. The molecule has 1 rings (SSSR count). The largest absolute Gasteiger partial charge is 0.372 e. The van der Waals surface area contributed by atoms with Crippen molar-refractivity contribution in [2.75, 3.05) is 18.5 Å². The van der Waals surface area contributed by atoms with Gasteiger partial charge in [0.25, 0.3) is 0 Å². The van der Waals surface area contributed by atoms with Crippen LogP contribution < -0.4 is 10.6 Å². The molecule has 0 amide bonds. The Hall–Kier alpha value is -1.09. The van der Waals surface area contributed by atoms with Gasteiger partial charge in [-0.2, -0.15) is 0 Å². The molecule has 0 aliphatic carbocycles. The van der Waals surface area contributed by atoms with Crippen molar-refractivity contribution < 1.29 is 4.39 Å². The standard InChI is InChI=1S/C15H25FN2/c1-5-11(2)10-18(4)15-13(9-12(3)17)7-6-8-14(15)16/h6-8,11-12H,5,9-10,17H2,1-4H3. The molecule has 2 unspecified atom stereocenters. The number of rotatable bonds is 6. The topological polar surface area (TPSA) is 29.3 Å². The summed E-state index contributed by atoms with van der Waals surface area (Å²) < 4.78 is 14.0. The zero-order chi connectivity index (χ0) is 13.7. The summed E-state index contributed by atoms with van der Waals surface area (Å²) in [6.07, 6.45) is 1.80. The summed E-state index contributed by atoms with van der Waals surface area (Å²) in [6.45, 7) is 7.15. The molecule has 2 N–H and O–H groups in total. The maximum atomic E-state index is 14.0. The maximum Gasteiger partial charge on any atom is 0.146 e. The van der Waals surface area contributed by atoms with Gasteiger partial charge in [0.05, 0.1) is 5.69 Å². The molecule has 18 heavy (non-hydrogen) atoms. The molecule has 0 fully saturated rings. The van der Waals surface area contributed by atoms with Crippen LogP contribution in [-0.2, 0) is 6.42 Å². The molecule has 0 saturated carbocycles. The minimum absolute atomic E-state index is 0.0440. The van der Waals surface area contributed by atoms with Gasteiger partial charge in [0.1, 0.15) is 5.82 Å². The number of hydrogen-bond donors (Lipinski definition) is 1. The van der Waals surface area contributed by atoms with Gasteiger partial charge < -0.3 is 10.6 Å². The van der Waals surface area contributed by atoms with E-state index in [1.165, 1.54) is 6.07 Å². The molecular formula is C15H25FN2. The number of hydrogen-bond acceptors (Lipinski definition) is 2. The van der Waals surface area contributed by atoms with E-state index in [1.807, 2.05) is 24.9 Å². The van der Waals surface area contributed by atoms with E-state index in [4.69, 9.17) is 5.73 Å². The summed E-state index contributed by atoms with van der Waals surface area (Å²) in [5.74, 6) is 0.400. The Morgan fingerprint density at radius 3 is 2.56 bits per heavy atom. The van der Waals surface area contributed by atoms with Crippen LogP contribution in [0.25, 0.3) is 0 Å². The molecule has 2 atom stereocenters. The lowest BCUT2D eigenvalue weighted by Crippen LogP contribution is -2.27. The van der Waals surface area contributed by atoms with Crippen molar-refractivity contribution in [2.45, 2.75) is 39.7 Å². The SMILES string of the molecule is CCC(C)CN(C)c1c(F)cccc1CC(C)N. The van der Waals surface area contributed by atoms with Crippen LogP contribution in [0.4, 0.5) is 10.1 Å². The summed E-state index contributed by atoms with van der Waals surface area (Å²) in [7, 11) is 1.95. The van der Waals surface area contributed by atoms with Gasteiger partial charge in [0, 0.05) is 19.6 Å². The minimum Gasteiger partial charge on any atom is -0.372 e. The predicted molar refractivity (Wildman–Crippen MR) is 76.5 cm³/mol. The van der Waals surface area contributed by atoms with E-state index in [1.54, 1.807) is 6.07 Å². The van der Waals surface area contributed by atoms with Crippen LogP contribution >= 0.6 is 0 Å². The molecule has 0 aliphatic rings. The molecule has 0 radical (unpaired) electrons. The molecule has 0 bridgehead atoms. The van der Waals surface area contributed by atoms with Crippen LogP contribution in [0.3, 0.4) is 0 Å². The summed E-state index contributed by atoms with van der Waals surface area (Å²) in [6, 6.07) is 5.29. The highest BCUT2D eigenvalue weighted by Gasteiger charge is 2.15. The van der Waals surface area contributed by atoms with E-state index in [2.05, 4.69) is 13.8 Å². The summed E-state index contributed by atoms with van der Waals surface area (Å²) >= 11 is 0. The third-order valence-electron chi connectivity index (χ3n) is 3.28.